The van der Waals surface area contributed by atoms with Crippen molar-refractivity contribution in [2.75, 3.05) is 26.7 Å². The minimum Gasteiger partial charge on any atom is -0.445 e. The smallest absolute Gasteiger partial charge is 0.410 e. The Bertz CT molecular complexity index is 777. The average molecular weight is 395 g/mol. The van der Waals surface area contributed by atoms with Crippen molar-refractivity contribution in [3.05, 3.63) is 71.3 Å². The van der Waals surface area contributed by atoms with E-state index in [9.17, 15) is 4.79 Å². The lowest BCUT2D eigenvalue weighted by molar-refractivity contribution is 0.0468. The molecule has 29 heavy (non-hydrogen) atoms. The van der Waals surface area contributed by atoms with Gasteiger partial charge in [0.25, 0.3) is 0 Å². The molecule has 0 N–H and O–H groups in total. The second-order valence-corrected chi connectivity index (χ2v) is 8.12. The normalized spacial score (nSPS) is 17.1. The Morgan fingerprint density at radius 2 is 1.86 bits per heavy atom. The maximum Gasteiger partial charge on any atom is 0.410 e. The highest BCUT2D eigenvalue weighted by atomic mass is 16.6. The van der Waals surface area contributed by atoms with Gasteiger partial charge in [-0.05, 0) is 50.0 Å². The molecule has 0 saturated heterocycles. The molecule has 2 atom stereocenters. The molecular weight excluding hydrogens is 360 g/mol. The van der Waals surface area contributed by atoms with E-state index in [-0.39, 0.29) is 18.2 Å². The highest BCUT2D eigenvalue weighted by Crippen LogP contribution is 2.35. The molecule has 1 unspecified atom stereocenters. The molecule has 0 bridgehead atoms. The quantitative estimate of drug-likeness (QED) is 0.571. The molecule has 4 heteroatoms. The first-order valence-electron chi connectivity index (χ1n) is 10.9. The van der Waals surface area contributed by atoms with E-state index in [1.165, 1.54) is 30.4 Å². The molecule has 0 aliphatic carbocycles. The number of nitrogens with zero attached hydrogens (tertiary/aromatic N) is 2. The lowest BCUT2D eigenvalue weighted by Crippen LogP contribution is -2.43. The highest BCUT2D eigenvalue weighted by Gasteiger charge is 2.33. The first-order valence-corrected chi connectivity index (χ1v) is 10.9. The fourth-order valence-corrected chi connectivity index (χ4v) is 4.20. The summed E-state index contributed by atoms with van der Waals surface area (Å²) >= 11 is 0. The van der Waals surface area contributed by atoms with Crippen LogP contribution in [0, 0.1) is 0 Å². The minimum absolute atomic E-state index is 0.0943. The van der Waals surface area contributed by atoms with Crippen LogP contribution in [0.2, 0.25) is 0 Å². The molecule has 1 aliphatic heterocycles. The maximum atomic E-state index is 13.1. The predicted molar refractivity (Wildman–Crippen MR) is 118 cm³/mol. The number of carbonyl (C=O) groups is 1. The van der Waals surface area contributed by atoms with Gasteiger partial charge in [0, 0.05) is 13.1 Å². The molecule has 0 aromatic heterocycles. The summed E-state index contributed by atoms with van der Waals surface area (Å²) in [7, 11) is 2.10. The van der Waals surface area contributed by atoms with Gasteiger partial charge in [-0.25, -0.2) is 4.79 Å². The van der Waals surface area contributed by atoms with Gasteiger partial charge in [-0.15, -0.1) is 0 Å². The van der Waals surface area contributed by atoms with Gasteiger partial charge in [-0.3, -0.25) is 4.90 Å². The summed E-state index contributed by atoms with van der Waals surface area (Å²) < 4.78 is 5.88. The molecule has 4 nitrogen and oxygen atoms in total. The number of hydrogen-bond acceptors (Lipinski definition) is 3. The van der Waals surface area contributed by atoms with Crippen molar-refractivity contribution in [3.63, 3.8) is 0 Å². The van der Waals surface area contributed by atoms with Crippen molar-refractivity contribution >= 4 is 6.09 Å². The molecule has 1 aliphatic rings. The van der Waals surface area contributed by atoms with Crippen LogP contribution in [0.5, 0.6) is 0 Å². The molecule has 0 radical (unpaired) electrons. The second kappa shape index (κ2) is 10.4. The van der Waals surface area contributed by atoms with E-state index in [1.54, 1.807) is 0 Å². The molecule has 2 aromatic carbocycles. The summed E-state index contributed by atoms with van der Waals surface area (Å²) in [4.78, 5) is 17.3. The van der Waals surface area contributed by atoms with Gasteiger partial charge < -0.3 is 9.64 Å². The number of carbonyl (C=O) groups excluding carboxylic acids is 1. The Hall–Kier alpha value is -2.33. The van der Waals surface area contributed by atoms with Gasteiger partial charge in [0.1, 0.15) is 6.10 Å². The molecule has 1 heterocycles. The summed E-state index contributed by atoms with van der Waals surface area (Å²) in [5.74, 6) is 0. The van der Waals surface area contributed by atoms with Crippen molar-refractivity contribution < 1.29 is 9.53 Å². The Morgan fingerprint density at radius 3 is 2.62 bits per heavy atom. The molecule has 2 aromatic rings. The fourth-order valence-electron chi connectivity index (χ4n) is 4.20. The van der Waals surface area contributed by atoms with E-state index >= 15 is 0 Å². The van der Waals surface area contributed by atoms with Crippen molar-refractivity contribution in [1.82, 2.24) is 9.80 Å². The van der Waals surface area contributed by atoms with Gasteiger partial charge in [-0.1, -0.05) is 74.4 Å². The van der Waals surface area contributed by atoms with E-state index in [0.29, 0.717) is 6.54 Å². The van der Waals surface area contributed by atoms with Crippen LogP contribution in [-0.4, -0.2) is 48.7 Å². The molecule has 0 fully saturated rings. The van der Waals surface area contributed by atoms with Gasteiger partial charge >= 0.3 is 6.09 Å². The summed E-state index contributed by atoms with van der Waals surface area (Å²) in [6.07, 6.45) is 4.15. The Kier molecular flexibility index (Phi) is 7.70. The maximum absolute atomic E-state index is 13.1. The van der Waals surface area contributed by atoms with Crippen molar-refractivity contribution in [1.29, 1.82) is 0 Å². The lowest BCUT2D eigenvalue weighted by Gasteiger charge is -2.37. The van der Waals surface area contributed by atoms with E-state index in [2.05, 4.69) is 55.3 Å². The number of unbranched alkanes of at least 4 members (excludes halogenated alkanes) is 2. The number of rotatable bonds is 8. The molecule has 3 rings (SSSR count). The Morgan fingerprint density at radius 1 is 1.14 bits per heavy atom. The zero-order valence-electron chi connectivity index (χ0n) is 18.0. The summed E-state index contributed by atoms with van der Waals surface area (Å²) in [6, 6.07) is 18.6. The first-order chi connectivity index (χ1) is 14.1. The van der Waals surface area contributed by atoms with Crippen LogP contribution < -0.4 is 0 Å². The van der Waals surface area contributed by atoms with E-state index in [1.807, 2.05) is 30.0 Å². The fraction of sp³-hybridized carbons (Fsp3) is 0.480. The van der Waals surface area contributed by atoms with Crippen LogP contribution in [0.15, 0.2) is 54.6 Å². The van der Waals surface area contributed by atoms with Crippen molar-refractivity contribution in [3.8, 4) is 0 Å². The van der Waals surface area contributed by atoms with Crippen LogP contribution in [-0.2, 0) is 11.2 Å². The standard InChI is InChI=1S/C25H34N2O2/c1-4-5-11-17-26(3)19-20(2)29-25(28)27-18-16-21-12-9-10-15-23(21)24(27)22-13-7-6-8-14-22/h6-10,12-15,20,24H,4-5,11,16-19H2,1-3H3/t20-,24?/m1/s1. The number of amides is 1. The Balaban J connectivity index is 1.70. The number of ether oxygens (including phenoxy) is 1. The van der Waals surface area contributed by atoms with Crippen LogP contribution >= 0.6 is 0 Å². The molecule has 0 saturated carbocycles. The number of benzene rings is 2. The number of likely N-dealkylation sites (N-methyl/N-ethyl adjacent to an activating group) is 1. The lowest BCUT2D eigenvalue weighted by atomic mass is 9.88. The van der Waals surface area contributed by atoms with Gasteiger partial charge in [0.05, 0.1) is 6.04 Å². The number of fused-ring (bicyclic) bond motifs is 1. The number of hydrogen-bond donors (Lipinski definition) is 0. The largest absolute Gasteiger partial charge is 0.445 e. The third-order valence-corrected chi connectivity index (χ3v) is 5.65. The summed E-state index contributed by atoms with van der Waals surface area (Å²) in [6.45, 7) is 6.68. The topological polar surface area (TPSA) is 32.8 Å². The van der Waals surface area contributed by atoms with Crippen LogP contribution in [0.4, 0.5) is 4.79 Å². The third kappa shape index (κ3) is 5.60. The SMILES string of the molecule is CCCCCN(C)C[C@@H](C)OC(=O)N1CCc2ccccc2C1c1ccccc1. The van der Waals surface area contributed by atoms with Crippen LogP contribution in [0.3, 0.4) is 0 Å². The summed E-state index contributed by atoms with van der Waals surface area (Å²) in [5, 5.41) is 0. The van der Waals surface area contributed by atoms with E-state index in [0.717, 1.165) is 25.1 Å². The molecular formula is C25H34N2O2. The highest BCUT2D eigenvalue weighted by molar-refractivity contribution is 5.70. The summed E-state index contributed by atoms with van der Waals surface area (Å²) in [5.41, 5.74) is 3.64. The Labute approximate surface area is 175 Å². The molecule has 0 spiro atoms. The molecule has 156 valence electrons. The van der Waals surface area contributed by atoms with Gasteiger partial charge in [0.15, 0.2) is 0 Å². The van der Waals surface area contributed by atoms with E-state index in [4.69, 9.17) is 4.74 Å². The van der Waals surface area contributed by atoms with Gasteiger partial charge in [0.2, 0.25) is 0 Å². The van der Waals surface area contributed by atoms with E-state index < -0.39 is 0 Å². The predicted octanol–water partition coefficient (Wildman–Crippen LogP) is 5.28. The van der Waals surface area contributed by atoms with Crippen molar-refractivity contribution in [2.45, 2.75) is 51.7 Å². The minimum atomic E-state index is -0.220. The monoisotopic (exact) mass is 394 g/mol. The second-order valence-electron chi connectivity index (χ2n) is 8.12. The van der Waals surface area contributed by atoms with Crippen molar-refractivity contribution in [2.24, 2.45) is 0 Å². The molecule has 1 amide bonds. The first kappa shape index (κ1) is 21.4. The van der Waals surface area contributed by atoms with Crippen LogP contribution in [0.1, 0.15) is 55.8 Å². The zero-order valence-corrected chi connectivity index (χ0v) is 18.0. The average Bonchev–Trinajstić information content (AvgIpc) is 2.73. The van der Waals surface area contributed by atoms with Gasteiger partial charge in [-0.2, -0.15) is 0 Å². The third-order valence-electron chi connectivity index (χ3n) is 5.65. The zero-order chi connectivity index (χ0) is 20.6. The van der Waals surface area contributed by atoms with Crippen LogP contribution in [0.25, 0.3) is 0 Å².